The van der Waals surface area contributed by atoms with Crippen LogP contribution < -0.4 is 0 Å². The van der Waals surface area contributed by atoms with Crippen LogP contribution in [-0.4, -0.2) is 18.0 Å². The first-order chi connectivity index (χ1) is 8.90. The molecule has 3 atom stereocenters. The van der Waals surface area contributed by atoms with Crippen molar-refractivity contribution in [1.29, 1.82) is 0 Å². The zero-order valence-corrected chi connectivity index (χ0v) is 11.8. The maximum atomic E-state index is 2.63. The van der Waals surface area contributed by atoms with Crippen LogP contribution in [-0.2, 0) is 0 Å². The van der Waals surface area contributed by atoms with Gasteiger partial charge in [0.05, 0.1) is 0 Å². The van der Waals surface area contributed by atoms with Crippen molar-refractivity contribution in [1.82, 2.24) is 4.90 Å². The van der Waals surface area contributed by atoms with Gasteiger partial charge < -0.3 is 4.90 Å². The predicted octanol–water partition coefficient (Wildman–Crippen LogP) is 4.37. The number of unbranched alkanes of at least 4 members (excludes halogenated alkanes) is 3. The third-order valence-corrected chi connectivity index (χ3v) is 4.97. The van der Waals surface area contributed by atoms with Crippen molar-refractivity contribution in [2.75, 3.05) is 13.1 Å². The summed E-state index contributed by atoms with van der Waals surface area (Å²) in [7, 11) is 0. The number of rotatable bonds is 6. The van der Waals surface area contributed by atoms with Gasteiger partial charge in [-0.2, -0.15) is 0 Å². The average Bonchev–Trinajstić information content (AvgIpc) is 2.85. The predicted molar refractivity (Wildman–Crippen MR) is 77.3 cm³/mol. The molecule has 0 spiro atoms. The lowest BCUT2D eigenvalue weighted by atomic mass is 10.1. The third kappa shape index (κ3) is 2.50. The van der Waals surface area contributed by atoms with Crippen molar-refractivity contribution in [2.24, 2.45) is 17.8 Å². The van der Waals surface area contributed by atoms with Crippen LogP contribution >= 0.6 is 0 Å². The van der Waals surface area contributed by atoms with E-state index >= 15 is 0 Å². The third-order valence-electron chi connectivity index (χ3n) is 4.97. The lowest BCUT2D eigenvalue weighted by molar-refractivity contribution is 0.405. The standard InChI is InChI=1S/C17H27N/c1-2-3-4-5-6-9-15-16-12-14(13-17(15)16)18-10-7-8-11-18/h6,9,12,15-17H,2-5,7-8,10-11,13H2,1H3. The minimum atomic E-state index is 0.901. The van der Waals surface area contributed by atoms with Gasteiger partial charge in [0, 0.05) is 18.8 Å². The average molecular weight is 245 g/mol. The lowest BCUT2D eigenvalue weighted by Crippen LogP contribution is -2.18. The number of hydrogen-bond acceptors (Lipinski definition) is 1. The maximum Gasteiger partial charge on any atom is 0.0175 e. The second-order valence-corrected chi connectivity index (χ2v) is 6.30. The summed E-state index contributed by atoms with van der Waals surface area (Å²) in [6.45, 7) is 4.92. The van der Waals surface area contributed by atoms with E-state index in [1.807, 2.05) is 0 Å². The van der Waals surface area contributed by atoms with Crippen LogP contribution in [0.25, 0.3) is 0 Å². The molecule has 1 saturated heterocycles. The molecule has 0 amide bonds. The van der Waals surface area contributed by atoms with E-state index in [9.17, 15) is 0 Å². The maximum absolute atomic E-state index is 2.63. The van der Waals surface area contributed by atoms with Crippen molar-refractivity contribution >= 4 is 0 Å². The molecule has 1 heterocycles. The Morgan fingerprint density at radius 3 is 2.78 bits per heavy atom. The molecule has 3 aliphatic rings. The molecule has 0 aromatic heterocycles. The first-order valence-corrected chi connectivity index (χ1v) is 8.02. The van der Waals surface area contributed by atoms with Crippen molar-refractivity contribution in [3.05, 3.63) is 23.9 Å². The van der Waals surface area contributed by atoms with Crippen LogP contribution in [0, 0.1) is 17.8 Å². The highest BCUT2D eigenvalue weighted by Crippen LogP contribution is 2.57. The number of nitrogens with zero attached hydrogens (tertiary/aromatic N) is 1. The molecular formula is C17H27N. The van der Waals surface area contributed by atoms with Crippen LogP contribution in [0.5, 0.6) is 0 Å². The number of hydrogen-bond donors (Lipinski definition) is 0. The van der Waals surface area contributed by atoms with Crippen molar-refractivity contribution in [3.63, 3.8) is 0 Å². The Balaban J connectivity index is 1.42. The molecule has 18 heavy (non-hydrogen) atoms. The Morgan fingerprint density at radius 1 is 1.28 bits per heavy atom. The fourth-order valence-corrected chi connectivity index (χ4v) is 3.74. The molecular weight excluding hydrogens is 218 g/mol. The Morgan fingerprint density at radius 2 is 2.11 bits per heavy atom. The van der Waals surface area contributed by atoms with Gasteiger partial charge in [-0.25, -0.2) is 0 Å². The fraction of sp³-hybridized carbons (Fsp3) is 0.765. The number of fused-ring (bicyclic) bond motifs is 1. The molecule has 0 bridgehead atoms. The lowest BCUT2D eigenvalue weighted by Gasteiger charge is -2.20. The quantitative estimate of drug-likeness (QED) is 0.496. The van der Waals surface area contributed by atoms with Gasteiger partial charge in [0.15, 0.2) is 0 Å². The molecule has 3 unspecified atom stereocenters. The largest absolute Gasteiger partial charge is 0.375 e. The summed E-state index contributed by atoms with van der Waals surface area (Å²) in [5.74, 6) is 2.78. The monoisotopic (exact) mass is 245 g/mol. The first-order valence-electron chi connectivity index (χ1n) is 8.02. The van der Waals surface area contributed by atoms with E-state index in [1.54, 1.807) is 5.70 Å². The second kappa shape index (κ2) is 5.50. The molecule has 1 heteroatoms. The van der Waals surface area contributed by atoms with Crippen LogP contribution in [0.2, 0.25) is 0 Å². The molecule has 2 aliphatic carbocycles. The molecule has 100 valence electrons. The van der Waals surface area contributed by atoms with Crippen LogP contribution in [0.1, 0.15) is 51.9 Å². The molecule has 0 aromatic carbocycles. The summed E-state index contributed by atoms with van der Waals surface area (Å²) >= 11 is 0. The molecule has 0 N–H and O–H groups in total. The molecule has 2 fully saturated rings. The topological polar surface area (TPSA) is 3.24 Å². The Hall–Kier alpha value is -0.720. The van der Waals surface area contributed by atoms with E-state index in [4.69, 9.17) is 0 Å². The molecule has 1 nitrogen and oxygen atoms in total. The van der Waals surface area contributed by atoms with Crippen LogP contribution in [0.3, 0.4) is 0 Å². The smallest absolute Gasteiger partial charge is 0.0175 e. The Labute approximate surface area is 112 Å². The molecule has 0 aromatic rings. The Kier molecular flexibility index (Phi) is 3.77. The minimum absolute atomic E-state index is 0.901. The summed E-state index contributed by atoms with van der Waals surface area (Å²) in [5.41, 5.74) is 1.68. The van der Waals surface area contributed by atoms with E-state index < -0.39 is 0 Å². The number of likely N-dealkylation sites (tertiary alicyclic amines) is 1. The van der Waals surface area contributed by atoms with E-state index in [1.165, 1.54) is 58.0 Å². The number of allylic oxidation sites excluding steroid dienone is 4. The van der Waals surface area contributed by atoms with E-state index in [2.05, 4.69) is 30.1 Å². The van der Waals surface area contributed by atoms with Crippen molar-refractivity contribution in [3.8, 4) is 0 Å². The summed E-state index contributed by atoms with van der Waals surface area (Å²) in [5, 5.41) is 0. The van der Waals surface area contributed by atoms with Crippen LogP contribution in [0.4, 0.5) is 0 Å². The van der Waals surface area contributed by atoms with E-state index in [0.29, 0.717) is 0 Å². The van der Waals surface area contributed by atoms with Gasteiger partial charge in [-0.1, -0.05) is 38.0 Å². The normalized spacial score (nSPS) is 34.2. The second-order valence-electron chi connectivity index (χ2n) is 6.30. The molecule has 1 aliphatic heterocycles. The SMILES string of the molecule is CCCCCC=CC1C2C=C(N3CCCC3)CC12. The highest BCUT2D eigenvalue weighted by atomic mass is 15.2. The Bertz CT molecular complexity index is 336. The fourth-order valence-electron chi connectivity index (χ4n) is 3.74. The summed E-state index contributed by atoms with van der Waals surface area (Å²) < 4.78 is 0. The zero-order valence-electron chi connectivity index (χ0n) is 11.8. The van der Waals surface area contributed by atoms with Gasteiger partial charge in [-0.3, -0.25) is 0 Å². The van der Waals surface area contributed by atoms with Gasteiger partial charge >= 0.3 is 0 Å². The van der Waals surface area contributed by atoms with Gasteiger partial charge in [0.2, 0.25) is 0 Å². The van der Waals surface area contributed by atoms with E-state index in [-0.39, 0.29) is 0 Å². The van der Waals surface area contributed by atoms with Gasteiger partial charge in [-0.05, 0) is 49.9 Å². The molecule has 1 saturated carbocycles. The molecule has 0 radical (unpaired) electrons. The van der Waals surface area contributed by atoms with E-state index in [0.717, 1.165) is 17.8 Å². The van der Waals surface area contributed by atoms with Crippen LogP contribution in [0.15, 0.2) is 23.9 Å². The van der Waals surface area contributed by atoms with Gasteiger partial charge in [0.25, 0.3) is 0 Å². The van der Waals surface area contributed by atoms with Gasteiger partial charge in [-0.15, -0.1) is 0 Å². The summed E-state index contributed by atoms with van der Waals surface area (Å²) in [6.07, 6.45) is 17.2. The summed E-state index contributed by atoms with van der Waals surface area (Å²) in [4.78, 5) is 2.63. The summed E-state index contributed by atoms with van der Waals surface area (Å²) in [6, 6.07) is 0. The van der Waals surface area contributed by atoms with Crippen molar-refractivity contribution < 1.29 is 0 Å². The first kappa shape index (κ1) is 12.3. The highest BCUT2D eigenvalue weighted by molar-refractivity contribution is 5.28. The molecule has 3 rings (SSSR count). The van der Waals surface area contributed by atoms with Crippen molar-refractivity contribution in [2.45, 2.75) is 51.9 Å². The van der Waals surface area contributed by atoms with Gasteiger partial charge in [0.1, 0.15) is 0 Å². The highest BCUT2D eigenvalue weighted by Gasteiger charge is 2.51. The zero-order chi connectivity index (χ0) is 12.4. The minimum Gasteiger partial charge on any atom is -0.375 e.